The quantitative estimate of drug-likeness (QED) is 0.293. The Morgan fingerprint density at radius 1 is 1.10 bits per heavy atom. The first-order valence-corrected chi connectivity index (χ1v) is 8.73. The molecule has 0 aliphatic rings. The molecule has 0 rings (SSSR count). The third kappa shape index (κ3) is 43.1. The van der Waals surface area contributed by atoms with Gasteiger partial charge in [-0.3, -0.25) is 0 Å². The Morgan fingerprint density at radius 2 is 1.55 bits per heavy atom. The molecule has 0 fully saturated rings. The molecule has 0 saturated carbocycles. The maximum Gasteiger partial charge on any atom is 0.0695 e. The third-order valence-corrected chi connectivity index (χ3v) is 2.66. The normalized spacial score (nSPS) is 10.4. The molecule has 20 heavy (non-hydrogen) atoms. The Hall–Kier alpha value is -0.370. The highest BCUT2D eigenvalue weighted by Crippen LogP contribution is 2.16. The Bertz CT molecular complexity index is 186. The molecule has 122 valence electrons. The van der Waals surface area contributed by atoms with Crippen LogP contribution in [0.5, 0.6) is 0 Å². The topological polar surface area (TPSA) is 26.0 Å². The van der Waals surface area contributed by atoms with Crippen LogP contribution in [0, 0.1) is 5.92 Å². The molecule has 0 amide bonds. The predicted octanol–water partition coefficient (Wildman–Crippen LogP) is 6.66. The molecule has 0 aromatic heterocycles. The molecule has 2 N–H and O–H groups in total. The Kier molecular flexibility index (Phi) is 29.2. The molecular formula is C18H39NS. The maximum absolute atomic E-state index is 4.84. The standard InChI is InChI=1S/C13H26.C3H8.C2H5NS/c1-4-6-8-10-12-13(3)11-9-7-5-2;1-3-2;1-2(3)4/h5,13H,2,4,6-12H2,1,3H3;3H2,1-2H3;1H3,(H2,3,4). The van der Waals surface area contributed by atoms with Gasteiger partial charge in [0.05, 0.1) is 4.99 Å². The highest BCUT2D eigenvalue weighted by atomic mass is 32.1. The first kappa shape index (κ1) is 24.6. The molecule has 2 heteroatoms. The van der Waals surface area contributed by atoms with Gasteiger partial charge in [-0.15, -0.1) is 6.58 Å². The highest BCUT2D eigenvalue weighted by molar-refractivity contribution is 7.80. The van der Waals surface area contributed by atoms with E-state index in [0.29, 0.717) is 4.99 Å². The van der Waals surface area contributed by atoms with E-state index in [0.717, 1.165) is 5.92 Å². The minimum Gasteiger partial charge on any atom is -0.394 e. The summed E-state index contributed by atoms with van der Waals surface area (Å²) in [6, 6.07) is 0. The molecule has 1 nitrogen and oxygen atoms in total. The van der Waals surface area contributed by atoms with Crippen LogP contribution in [-0.4, -0.2) is 4.99 Å². The summed E-state index contributed by atoms with van der Waals surface area (Å²) in [7, 11) is 0. The molecule has 0 radical (unpaired) electrons. The molecule has 0 saturated heterocycles. The van der Waals surface area contributed by atoms with E-state index >= 15 is 0 Å². The van der Waals surface area contributed by atoms with Crippen molar-refractivity contribution in [2.24, 2.45) is 11.7 Å². The Labute approximate surface area is 134 Å². The van der Waals surface area contributed by atoms with Gasteiger partial charge in [-0.1, -0.05) is 90.9 Å². The van der Waals surface area contributed by atoms with Crippen LogP contribution in [0.3, 0.4) is 0 Å². The van der Waals surface area contributed by atoms with Crippen LogP contribution in [0.2, 0.25) is 0 Å². The number of thiocarbonyl (C=S) groups is 1. The number of hydrogen-bond donors (Lipinski definition) is 1. The van der Waals surface area contributed by atoms with E-state index in [1.807, 2.05) is 6.08 Å². The monoisotopic (exact) mass is 301 g/mol. The first-order chi connectivity index (χ1) is 9.45. The molecule has 0 aromatic rings. The zero-order valence-electron chi connectivity index (χ0n) is 14.7. The molecular weight excluding hydrogens is 262 g/mol. The number of rotatable bonds is 9. The van der Waals surface area contributed by atoms with E-state index < -0.39 is 0 Å². The van der Waals surface area contributed by atoms with Crippen LogP contribution in [-0.2, 0) is 0 Å². The summed E-state index contributed by atoms with van der Waals surface area (Å²) in [4.78, 5) is 0.500. The number of allylic oxidation sites excluding steroid dienone is 1. The SMILES string of the molecule is C=CCCCC(C)CCCCCC.CC(N)=S.CCC. The molecule has 0 aliphatic heterocycles. The molecule has 1 atom stereocenters. The third-order valence-electron chi connectivity index (χ3n) is 2.66. The van der Waals surface area contributed by atoms with E-state index in [9.17, 15) is 0 Å². The summed E-state index contributed by atoms with van der Waals surface area (Å²) >= 11 is 4.31. The van der Waals surface area contributed by atoms with Crippen LogP contribution in [0.1, 0.15) is 92.4 Å². The van der Waals surface area contributed by atoms with Crippen molar-refractivity contribution in [2.45, 2.75) is 92.4 Å². The largest absolute Gasteiger partial charge is 0.394 e. The second-order valence-corrected chi connectivity index (χ2v) is 6.14. The summed E-state index contributed by atoms with van der Waals surface area (Å²) in [5.74, 6) is 0.928. The smallest absolute Gasteiger partial charge is 0.0695 e. The summed E-state index contributed by atoms with van der Waals surface area (Å²) in [6.45, 7) is 14.3. The van der Waals surface area contributed by atoms with Crippen molar-refractivity contribution in [3.8, 4) is 0 Å². The summed E-state index contributed by atoms with van der Waals surface area (Å²) in [5, 5.41) is 0. The molecule has 0 aromatic carbocycles. The van der Waals surface area contributed by atoms with Gasteiger partial charge in [-0.05, 0) is 25.7 Å². The lowest BCUT2D eigenvalue weighted by Gasteiger charge is -2.09. The van der Waals surface area contributed by atoms with Crippen LogP contribution < -0.4 is 5.73 Å². The fourth-order valence-corrected chi connectivity index (χ4v) is 1.67. The molecule has 0 spiro atoms. The van der Waals surface area contributed by atoms with Gasteiger partial charge in [0.15, 0.2) is 0 Å². The molecule has 1 unspecified atom stereocenters. The van der Waals surface area contributed by atoms with Gasteiger partial charge in [-0.25, -0.2) is 0 Å². The van der Waals surface area contributed by atoms with Crippen molar-refractivity contribution in [3.63, 3.8) is 0 Å². The van der Waals surface area contributed by atoms with E-state index in [1.54, 1.807) is 6.92 Å². The summed E-state index contributed by atoms with van der Waals surface area (Å²) in [6.07, 6.45) is 14.3. The highest BCUT2D eigenvalue weighted by Gasteiger charge is 2.00. The number of nitrogens with two attached hydrogens (primary N) is 1. The average Bonchev–Trinajstić information content (AvgIpc) is 2.35. The van der Waals surface area contributed by atoms with Gasteiger partial charge in [0.25, 0.3) is 0 Å². The summed E-state index contributed by atoms with van der Waals surface area (Å²) < 4.78 is 0. The van der Waals surface area contributed by atoms with Crippen LogP contribution >= 0.6 is 12.2 Å². The minimum atomic E-state index is 0.500. The summed E-state index contributed by atoms with van der Waals surface area (Å²) in [5.41, 5.74) is 4.84. The van der Waals surface area contributed by atoms with Gasteiger partial charge < -0.3 is 5.73 Å². The first-order valence-electron chi connectivity index (χ1n) is 8.32. The lowest BCUT2D eigenvalue weighted by molar-refractivity contribution is 0.449. The van der Waals surface area contributed by atoms with Gasteiger partial charge in [0.1, 0.15) is 0 Å². The van der Waals surface area contributed by atoms with Gasteiger partial charge >= 0.3 is 0 Å². The van der Waals surface area contributed by atoms with Gasteiger partial charge in [-0.2, -0.15) is 0 Å². The van der Waals surface area contributed by atoms with Crippen LogP contribution in [0.4, 0.5) is 0 Å². The van der Waals surface area contributed by atoms with E-state index in [1.165, 1.54) is 57.8 Å². The van der Waals surface area contributed by atoms with Gasteiger partial charge in [0, 0.05) is 0 Å². The maximum atomic E-state index is 4.84. The molecule has 0 bridgehead atoms. The van der Waals surface area contributed by atoms with Crippen LogP contribution in [0.15, 0.2) is 12.7 Å². The fraction of sp³-hybridized carbons (Fsp3) is 0.833. The van der Waals surface area contributed by atoms with Gasteiger partial charge in [0.2, 0.25) is 0 Å². The lowest BCUT2D eigenvalue weighted by Crippen LogP contribution is -1.98. The Morgan fingerprint density at radius 3 is 1.95 bits per heavy atom. The second-order valence-electron chi connectivity index (χ2n) is 5.49. The van der Waals surface area contributed by atoms with Crippen molar-refractivity contribution < 1.29 is 0 Å². The minimum absolute atomic E-state index is 0.500. The number of unbranched alkanes of at least 4 members (excludes halogenated alkanes) is 4. The number of hydrogen-bond acceptors (Lipinski definition) is 1. The second kappa shape index (κ2) is 23.7. The zero-order valence-corrected chi connectivity index (χ0v) is 15.5. The van der Waals surface area contributed by atoms with E-state index in [4.69, 9.17) is 5.73 Å². The van der Waals surface area contributed by atoms with E-state index in [2.05, 4.69) is 46.5 Å². The van der Waals surface area contributed by atoms with Crippen molar-refractivity contribution in [1.82, 2.24) is 0 Å². The van der Waals surface area contributed by atoms with E-state index in [-0.39, 0.29) is 0 Å². The average molecular weight is 302 g/mol. The predicted molar refractivity (Wildman–Crippen MR) is 100 cm³/mol. The zero-order chi connectivity index (χ0) is 16.2. The van der Waals surface area contributed by atoms with Crippen molar-refractivity contribution in [1.29, 1.82) is 0 Å². The Balaban J connectivity index is -0.000000343. The van der Waals surface area contributed by atoms with Crippen molar-refractivity contribution >= 4 is 17.2 Å². The molecule has 0 heterocycles. The fourth-order valence-electron chi connectivity index (χ4n) is 1.67. The van der Waals surface area contributed by atoms with Crippen LogP contribution in [0.25, 0.3) is 0 Å². The molecule has 0 aliphatic carbocycles. The lowest BCUT2D eigenvalue weighted by atomic mass is 9.97. The van der Waals surface area contributed by atoms with Crippen molar-refractivity contribution in [2.75, 3.05) is 0 Å². The van der Waals surface area contributed by atoms with Crippen molar-refractivity contribution in [3.05, 3.63) is 12.7 Å².